The predicted molar refractivity (Wildman–Crippen MR) is 65.4 cm³/mol. The molecule has 0 fully saturated rings. The molecule has 1 aromatic rings. The van der Waals surface area contributed by atoms with Gasteiger partial charge in [0.1, 0.15) is 5.75 Å². The monoisotopic (exact) mass is 261 g/mol. The fraction of sp³-hybridized carbons (Fsp3) is 0.364. The van der Waals surface area contributed by atoms with Gasteiger partial charge in [0, 0.05) is 24.6 Å². The Bertz CT molecular complexity index is 394. The maximum Gasteiger partial charge on any atom is 0.216 e. The van der Waals surface area contributed by atoms with E-state index in [1.165, 1.54) is 14.0 Å². The van der Waals surface area contributed by atoms with Gasteiger partial charge < -0.3 is 10.1 Å². The van der Waals surface area contributed by atoms with E-state index in [9.17, 15) is 4.79 Å². The zero-order valence-electron chi connectivity index (χ0n) is 9.14. The first-order valence-electron chi connectivity index (χ1n) is 4.81. The van der Waals surface area contributed by atoms with Gasteiger partial charge in [0.05, 0.1) is 12.1 Å². The standard InChI is InChI=1S/C11H13Cl2NO2/c1-7(15)14-4-3-8-5-10(13)11(16-2)6-9(8)12/h5-6H,3-4H2,1-2H3,(H,14,15). The summed E-state index contributed by atoms with van der Waals surface area (Å²) in [6, 6.07) is 3.43. The molecule has 0 saturated carbocycles. The fourth-order valence-corrected chi connectivity index (χ4v) is 1.80. The first-order valence-corrected chi connectivity index (χ1v) is 5.56. The molecule has 0 spiro atoms. The number of hydrogen-bond donors (Lipinski definition) is 1. The second-order valence-corrected chi connectivity index (χ2v) is 4.13. The molecule has 3 nitrogen and oxygen atoms in total. The molecule has 0 saturated heterocycles. The molecule has 1 rings (SSSR count). The Hall–Kier alpha value is -0.930. The van der Waals surface area contributed by atoms with Gasteiger partial charge in [-0.1, -0.05) is 23.2 Å². The molecule has 0 aliphatic rings. The largest absolute Gasteiger partial charge is 0.495 e. The van der Waals surface area contributed by atoms with E-state index in [4.69, 9.17) is 27.9 Å². The molecule has 1 N–H and O–H groups in total. The minimum absolute atomic E-state index is 0.0595. The van der Waals surface area contributed by atoms with E-state index in [1.807, 2.05) is 0 Å². The van der Waals surface area contributed by atoms with E-state index in [0.717, 1.165) is 5.56 Å². The molecular formula is C11H13Cl2NO2. The summed E-state index contributed by atoms with van der Waals surface area (Å²) in [5.74, 6) is 0.491. The summed E-state index contributed by atoms with van der Waals surface area (Å²) in [4.78, 5) is 10.7. The molecule has 1 amide bonds. The predicted octanol–water partition coefficient (Wildman–Crippen LogP) is 2.68. The van der Waals surface area contributed by atoms with Gasteiger partial charge >= 0.3 is 0 Å². The Morgan fingerprint density at radius 1 is 1.38 bits per heavy atom. The van der Waals surface area contributed by atoms with Gasteiger partial charge in [0.15, 0.2) is 0 Å². The normalized spacial score (nSPS) is 10.0. The molecule has 0 atom stereocenters. The van der Waals surface area contributed by atoms with Crippen LogP contribution in [0.4, 0.5) is 0 Å². The van der Waals surface area contributed by atoms with Crippen LogP contribution in [0, 0.1) is 0 Å². The van der Waals surface area contributed by atoms with Gasteiger partial charge in [-0.05, 0) is 18.1 Å². The third kappa shape index (κ3) is 3.58. The maximum absolute atomic E-state index is 10.7. The van der Waals surface area contributed by atoms with Crippen LogP contribution in [0.25, 0.3) is 0 Å². The lowest BCUT2D eigenvalue weighted by Crippen LogP contribution is -2.22. The van der Waals surface area contributed by atoms with Crippen molar-refractivity contribution in [1.29, 1.82) is 0 Å². The number of halogens is 2. The highest BCUT2D eigenvalue weighted by atomic mass is 35.5. The van der Waals surface area contributed by atoms with Crippen molar-refractivity contribution < 1.29 is 9.53 Å². The van der Waals surface area contributed by atoms with E-state index in [1.54, 1.807) is 12.1 Å². The fourth-order valence-electron chi connectivity index (χ4n) is 1.29. The van der Waals surface area contributed by atoms with Crippen molar-refractivity contribution in [2.45, 2.75) is 13.3 Å². The van der Waals surface area contributed by atoms with Gasteiger partial charge in [0.25, 0.3) is 0 Å². The summed E-state index contributed by atoms with van der Waals surface area (Å²) in [7, 11) is 1.54. The minimum Gasteiger partial charge on any atom is -0.495 e. The third-order valence-corrected chi connectivity index (χ3v) is 2.74. The van der Waals surface area contributed by atoms with E-state index in [-0.39, 0.29) is 5.91 Å². The molecule has 0 heterocycles. The van der Waals surface area contributed by atoms with Crippen LogP contribution in [0.2, 0.25) is 10.0 Å². The Kier molecular flexibility index (Phi) is 4.90. The number of hydrogen-bond acceptors (Lipinski definition) is 2. The zero-order chi connectivity index (χ0) is 12.1. The minimum atomic E-state index is -0.0595. The van der Waals surface area contributed by atoms with Gasteiger partial charge in [-0.3, -0.25) is 4.79 Å². The van der Waals surface area contributed by atoms with Gasteiger partial charge in [0.2, 0.25) is 5.91 Å². The zero-order valence-corrected chi connectivity index (χ0v) is 10.7. The van der Waals surface area contributed by atoms with Crippen LogP contribution in [0.5, 0.6) is 5.75 Å². The quantitative estimate of drug-likeness (QED) is 0.905. The van der Waals surface area contributed by atoms with E-state index in [2.05, 4.69) is 5.32 Å². The number of rotatable bonds is 4. The molecule has 0 aliphatic heterocycles. The van der Waals surface area contributed by atoms with Crippen molar-refractivity contribution in [3.8, 4) is 5.75 Å². The summed E-state index contributed by atoms with van der Waals surface area (Å²) < 4.78 is 5.04. The van der Waals surface area contributed by atoms with Crippen molar-refractivity contribution >= 4 is 29.1 Å². The van der Waals surface area contributed by atoms with E-state index in [0.29, 0.717) is 28.8 Å². The topological polar surface area (TPSA) is 38.3 Å². The molecule has 88 valence electrons. The van der Waals surface area contributed by atoms with Crippen LogP contribution in [0.15, 0.2) is 12.1 Å². The highest BCUT2D eigenvalue weighted by Gasteiger charge is 2.07. The van der Waals surface area contributed by atoms with Gasteiger partial charge in [-0.2, -0.15) is 0 Å². The molecular weight excluding hydrogens is 249 g/mol. The number of amides is 1. The van der Waals surface area contributed by atoms with Crippen molar-refractivity contribution in [3.63, 3.8) is 0 Å². The Morgan fingerprint density at radius 2 is 2.06 bits per heavy atom. The molecule has 0 aromatic heterocycles. The van der Waals surface area contributed by atoms with Crippen LogP contribution in [0.1, 0.15) is 12.5 Å². The Labute approximate surface area is 105 Å². The van der Waals surface area contributed by atoms with Crippen LogP contribution in [0.3, 0.4) is 0 Å². The number of methoxy groups -OCH3 is 1. The summed E-state index contributed by atoms with van der Waals surface area (Å²) in [5, 5.41) is 3.81. The number of nitrogens with one attached hydrogen (secondary N) is 1. The number of benzene rings is 1. The first kappa shape index (κ1) is 13.1. The van der Waals surface area contributed by atoms with Crippen LogP contribution in [-0.2, 0) is 11.2 Å². The molecule has 0 radical (unpaired) electrons. The SMILES string of the molecule is COc1cc(Cl)c(CCNC(C)=O)cc1Cl. The molecule has 5 heteroatoms. The summed E-state index contributed by atoms with van der Waals surface area (Å²) in [6.07, 6.45) is 0.641. The van der Waals surface area contributed by atoms with Gasteiger partial charge in [-0.25, -0.2) is 0 Å². The van der Waals surface area contributed by atoms with Crippen LogP contribution >= 0.6 is 23.2 Å². The molecule has 16 heavy (non-hydrogen) atoms. The molecule has 0 unspecified atom stereocenters. The van der Waals surface area contributed by atoms with Crippen molar-refractivity contribution in [2.24, 2.45) is 0 Å². The Morgan fingerprint density at radius 3 is 2.62 bits per heavy atom. The number of carbonyl (C=O) groups is 1. The molecule has 0 aliphatic carbocycles. The second-order valence-electron chi connectivity index (χ2n) is 3.31. The molecule has 0 bridgehead atoms. The van der Waals surface area contributed by atoms with Gasteiger partial charge in [-0.15, -0.1) is 0 Å². The van der Waals surface area contributed by atoms with E-state index < -0.39 is 0 Å². The first-order chi connectivity index (χ1) is 7.54. The third-order valence-electron chi connectivity index (χ3n) is 2.09. The maximum atomic E-state index is 10.7. The average molecular weight is 262 g/mol. The Balaban J connectivity index is 2.73. The van der Waals surface area contributed by atoms with Crippen LogP contribution < -0.4 is 10.1 Å². The summed E-state index contributed by atoms with van der Waals surface area (Å²) in [5.41, 5.74) is 0.890. The van der Waals surface area contributed by atoms with Crippen molar-refractivity contribution in [1.82, 2.24) is 5.32 Å². The van der Waals surface area contributed by atoms with Crippen molar-refractivity contribution in [2.75, 3.05) is 13.7 Å². The number of carbonyl (C=O) groups excluding carboxylic acids is 1. The van der Waals surface area contributed by atoms with Crippen LogP contribution in [-0.4, -0.2) is 19.6 Å². The average Bonchev–Trinajstić information content (AvgIpc) is 2.22. The second kappa shape index (κ2) is 5.97. The smallest absolute Gasteiger partial charge is 0.216 e. The highest BCUT2D eigenvalue weighted by Crippen LogP contribution is 2.30. The lowest BCUT2D eigenvalue weighted by molar-refractivity contribution is -0.118. The highest BCUT2D eigenvalue weighted by molar-refractivity contribution is 6.34. The summed E-state index contributed by atoms with van der Waals surface area (Å²) >= 11 is 12.0. The lowest BCUT2D eigenvalue weighted by atomic mass is 10.1. The number of ether oxygens (including phenoxy) is 1. The lowest BCUT2D eigenvalue weighted by Gasteiger charge is -2.09. The molecule has 1 aromatic carbocycles. The summed E-state index contributed by atoms with van der Waals surface area (Å²) in [6.45, 7) is 2.01. The van der Waals surface area contributed by atoms with E-state index >= 15 is 0 Å². The van der Waals surface area contributed by atoms with Crippen molar-refractivity contribution in [3.05, 3.63) is 27.7 Å².